The summed E-state index contributed by atoms with van der Waals surface area (Å²) < 4.78 is 5.13. The first-order valence-electron chi connectivity index (χ1n) is 6.02. The third-order valence-electron chi connectivity index (χ3n) is 3.01. The number of carbonyl (C=O) groups excluding carboxylic acids is 2. The number of nitrogens with zero attached hydrogens (tertiary/aromatic N) is 2. The van der Waals surface area contributed by atoms with Crippen molar-refractivity contribution in [2.75, 3.05) is 20.1 Å². The average molecular weight is 281 g/mol. The van der Waals surface area contributed by atoms with E-state index < -0.39 is 18.0 Å². The molecule has 0 aliphatic carbocycles. The van der Waals surface area contributed by atoms with E-state index >= 15 is 0 Å². The van der Waals surface area contributed by atoms with Crippen LogP contribution >= 0.6 is 0 Å². The zero-order valence-electron chi connectivity index (χ0n) is 10.9. The Morgan fingerprint density at radius 1 is 1.60 bits per heavy atom. The van der Waals surface area contributed by atoms with Crippen LogP contribution in [0.15, 0.2) is 22.8 Å². The fourth-order valence-corrected chi connectivity index (χ4v) is 1.99. The van der Waals surface area contributed by atoms with Crippen LogP contribution < -0.4 is 5.32 Å². The maximum atomic E-state index is 12.3. The summed E-state index contributed by atoms with van der Waals surface area (Å²) in [5, 5.41) is 11.5. The van der Waals surface area contributed by atoms with Crippen LogP contribution in [0.25, 0.3) is 0 Å². The molecule has 1 atom stereocenters. The molecule has 108 valence electrons. The zero-order valence-corrected chi connectivity index (χ0v) is 10.9. The molecule has 2 N–H and O–H groups in total. The minimum atomic E-state index is -1.15. The maximum Gasteiger partial charge on any atom is 0.328 e. The van der Waals surface area contributed by atoms with Gasteiger partial charge in [0, 0.05) is 13.6 Å². The molecule has 8 nitrogen and oxygen atoms in total. The molecule has 1 unspecified atom stereocenters. The number of hydrogen-bond donors (Lipinski definition) is 2. The third-order valence-corrected chi connectivity index (χ3v) is 3.01. The van der Waals surface area contributed by atoms with Crippen molar-refractivity contribution < 1.29 is 23.9 Å². The molecule has 1 fully saturated rings. The van der Waals surface area contributed by atoms with Crippen molar-refractivity contribution in [3.05, 3.63) is 24.2 Å². The summed E-state index contributed by atoms with van der Waals surface area (Å²) in [4.78, 5) is 37.1. The van der Waals surface area contributed by atoms with Crippen LogP contribution in [0, 0.1) is 0 Å². The number of piperazine rings is 1. The number of hydrogen-bond acceptors (Lipinski definition) is 4. The number of rotatable bonds is 3. The molecular weight excluding hydrogens is 266 g/mol. The Kier molecular flexibility index (Phi) is 3.92. The summed E-state index contributed by atoms with van der Waals surface area (Å²) in [5.41, 5.74) is 0. The van der Waals surface area contributed by atoms with Gasteiger partial charge in [-0.05, 0) is 12.1 Å². The van der Waals surface area contributed by atoms with Gasteiger partial charge in [0.25, 0.3) is 0 Å². The number of furan rings is 1. The number of urea groups is 1. The predicted molar refractivity (Wildman–Crippen MR) is 66.7 cm³/mol. The van der Waals surface area contributed by atoms with E-state index in [1.807, 2.05) is 0 Å². The Morgan fingerprint density at radius 3 is 2.95 bits per heavy atom. The van der Waals surface area contributed by atoms with Gasteiger partial charge >= 0.3 is 12.0 Å². The highest BCUT2D eigenvalue weighted by Gasteiger charge is 2.36. The molecule has 2 rings (SSSR count). The number of carboxylic acid groups (broad SMARTS) is 1. The van der Waals surface area contributed by atoms with Crippen LogP contribution in [0.2, 0.25) is 0 Å². The van der Waals surface area contributed by atoms with E-state index in [0.717, 1.165) is 4.90 Å². The van der Waals surface area contributed by atoms with E-state index in [1.165, 1.54) is 18.2 Å². The molecule has 0 radical (unpaired) electrons. The van der Waals surface area contributed by atoms with Crippen molar-refractivity contribution in [2.24, 2.45) is 0 Å². The van der Waals surface area contributed by atoms with Gasteiger partial charge < -0.3 is 19.7 Å². The van der Waals surface area contributed by atoms with Gasteiger partial charge in [-0.15, -0.1) is 0 Å². The van der Waals surface area contributed by atoms with Gasteiger partial charge in [-0.3, -0.25) is 9.69 Å². The molecule has 0 spiro atoms. The molecule has 1 aromatic rings. The van der Waals surface area contributed by atoms with Crippen LogP contribution in [-0.2, 0) is 16.1 Å². The van der Waals surface area contributed by atoms with Crippen molar-refractivity contribution in [1.29, 1.82) is 0 Å². The SMILES string of the molecule is CN(Cc1ccco1)C(=O)N1CC(=O)NCC1C(=O)O. The number of carbonyl (C=O) groups is 3. The van der Waals surface area contributed by atoms with E-state index in [4.69, 9.17) is 9.52 Å². The van der Waals surface area contributed by atoms with Crippen molar-refractivity contribution >= 4 is 17.9 Å². The predicted octanol–water partition coefficient (Wildman–Crippen LogP) is -0.284. The normalized spacial score (nSPS) is 18.6. The third kappa shape index (κ3) is 2.90. The summed E-state index contributed by atoms with van der Waals surface area (Å²) in [7, 11) is 1.52. The molecule has 1 aromatic heterocycles. The van der Waals surface area contributed by atoms with Crippen LogP contribution in [-0.4, -0.2) is 59.0 Å². The first-order chi connectivity index (χ1) is 9.49. The van der Waals surface area contributed by atoms with Gasteiger partial charge in [0.05, 0.1) is 12.8 Å². The fraction of sp³-hybridized carbons (Fsp3) is 0.417. The first-order valence-corrected chi connectivity index (χ1v) is 6.02. The first kappa shape index (κ1) is 13.9. The number of amides is 3. The van der Waals surface area contributed by atoms with Crippen LogP contribution in [0.1, 0.15) is 5.76 Å². The molecule has 1 aliphatic heterocycles. The van der Waals surface area contributed by atoms with Gasteiger partial charge in [0.15, 0.2) is 0 Å². The lowest BCUT2D eigenvalue weighted by Crippen LogP contribution is -2.61. The lowest BCUT2D eigenvalue weighted by Gasteiger charge is -2.35. The molecule has 8 heteroatoms. The second-order valence-corrected chi connectivity index (χ2v) is 4.50. The highest BCUT2D eigenvalue weighted by molar-refractivity contribution is 5.90. The second kappa shape index (κ2) is 5.64. The highest BCUT2D eigenvalue weighted by Crippen LogP contribution is 2.11. The summed E-state index contributed by atoms with van der Waals surface area (Å²) in [6, 6.07) is 1.83. The molecule has 0 aromatic carbocycles. The number of aliphatic carboxylic acids is 1. The van der Waals surface area contributed by atoms with Gasteiger partial charge in [0.1, 0.15) is 18.3 Å². The van der Waals surface area contributed by atoms with Gasteiger partial charge in [-0.2, -0.15) is 0 Å². The largest absolute Gasteiger partial charge is 0.480 e. The number of carboxylic acids is 1. The Balaban J connectivity index is 2.08. The molecule has 1 aliphatic rings. The Morgan fingerprint density at radius 2 is 2.35 bits per heavy atom. The van der Waals surface area contributed by atoms with E-state index in [2.05, 4.69) is 5.32 Å². The van der Waals surface area contributed by atoms with Crippen molar-refractivity contribution in [3.8, 4) is 0 Å². The molecule has 20 heavy (non-hydrogen) atoms. The number of nitrogens with one attached hydrogen (secondary N) is 1. The Bertz CT molecular complexity index is 513. The van der Waals surface area contributed by atoms with Crippen molar-refractivity contribution in [3.63, 3.8) is 0 Å². The Labute approximate surface area is 114 Å². The van der Waals surface area contributed by atoms with E-state index in [-0.39, 0.29) is 25.5 Å². The molecule has 0 saturated carbocycles. The lowest BCUT2D eigenvalue weighted by atomic mass is 10.2. The van der Waals surface area contributed by atoms with Gasteiger partial charge in [0.2, 0.25) is 5.91 Å². The van der Waals surface area contributed by atoms with Crippen LogP contribution in [0.3, 0.4) is 0 Å². The quantitative estimate of drug-likeness (QED) is 0.793. The van der Waals surface area contributed by atoms with Crippen LogP contribution in [0.4, 0.5) is 4.79 Å². The summed E-state index contributed by atoms with van der Waals surface area (Å²) >= 11 is 0. The van der Waals surface area contributed by atoms with Crippen molar-refractivity contribution in [1.82, 2.24) is 15.1 Å². The standard InChI is InChI=1S/C12H15N3O5/c1-14(6-8-3-2-4-20-8)12(19)15-7-10(16)13-5-9(15)11(17)18/h2-4,9H,5-7H2,1H3,(H,13,16)(H,17,18). The minimum Gasteiger partial charge on any atom is -0.480 e. The summed E-state index contributed by atoms with van der Waals surface area (Å²) in [5.74, 6) is -0.943. The second-order valence-electron chi connectivity index (χ2n) is 4.50. The highest BCUT2D eigenvalue weighted by atomic mass is 16.4. The topological polar surface area (TPSA) is 103 Å². The lowest BCUT2D eigenvalue weighted by molar-refractivity contribution is -0.144. The van der Waals surface area contributed by atoms with Gasteiger partial charge in [-0.25, -0.2) is 9.59 Å². The fourth-order valence-electron chi connectivity index (χ4n) is 1.99. The monoisotopic (exact) mass is 281 g/mol. The zero-order chi connectivity index (χ0) is 14.7. The Hall–Kier alpha value is -2.51. The summed E-state index contributed by atoms with van der Waals surface area (Å²) in [6.07, 6.45) is 1.49. The van der Waals surface area contributed by atoms with E-state index in [0.29, 0.717) is 5.76 Å². The molecule has 1 saturated heterocycles. The smallest absolute Gasteiger partial charge is 0.328 e. The average Bonchev–Trinajstić information content (AvgIpc) is 2.90. The maximum absolute atomic E-state index is 12.3. The molecule has 2 heterocycles. The summed E-state index contributed by atoms with van der Waals surface area (Å²) in [6.45, 7) is -0.150. The van der Waals surface area contributed by atoms with Crippen molar-refractivity contribution in [2.45, 2.75) is 12.6 Å². The molecule has 3 amide bonds. The minimum absolute atomic E-state index is 0.0888. The van der Waals surface area contributed by atoms with E-state index in [9.17, 15) is 14.4 Å². The van der Waals surface area contributed by atoms with Gasteiger partial charge in [-0.1, -0.05) is 0 Å². The van der Waals surface area contributed by atoms with E-state index in [1.54, 1.807) is 12.1 Å². The molecular formula is C12H15N3O5. The van der Waals surface area contributed by atoms with Crippen LogP contribution in [0.5, 0.6) is 0 Å². The molecule has 0 bridgehead atoms.